The van der Waals surface area contributed by atoms with Crippen LogP contribution in [0.1, 0.15) is 47.5 Å². The van der Waals surface area contributed by atoms with Gasteiger partial charge in [0.05, 0.1) is 6.04 Å². The van der Waals surface area contributed by atoms with Crippen molar-refractivity contribution in [2.24, 2.45) is 0 Å². The molecule has 0 aliphatic carbocycles. The molecule has 1 atom stereocenters. The third kappa shape index (κ3) is 17.2. The fourth-order valence-electron chi connectivity index (χ4n) is 0.645. The molecule has 0 aromatic heterocycles. The van der Waals surface area contributed by atoms with E-state index in [4.69, 9.17) is 4.74 Å². The molecule has 0 aliphatic rings. The average molecular weight is 245 g/mol. The standard InChI is InChI=1S/C8H15NO3.C4H8O/c1-6(5-10)9-7(11)12-8(2,3)4;1-2-3-4-5/h5-6H,1-4H3,(H,9,11);4H,2-3H2,1H3/t6-;/m0./s1. The van der Waals surface area contributed by atoms with Crippen LogP contribution in [-0.4, -0.2) is 30.3 Å². The Bertz CT molecular complexity index is 233. The Labute approximate surface area is 103 Å². The van der Waals surface area contributed by atoms with Gasteiger partial charge in [0.2, 0.25) is 0 Å². The van der Waals surface area contributed by atoms with Gasteiger partial charge in [0, 0.05) is 6.42 Å². The van der Waals surface area contributed by atoms with Crippen LogP contribution in [0.2, 0.25) is 0 Å². The first-order valence-corrected chi connectivity index (χ1v) is 5.65. The number of hydrogen-bond donors (Lipinski definition) is 1. The molecular weight excluding hydrogens is 222 g/mol. The number of ether oxygens (including phenoxy) is 1. The summed E-state index contributed by atoms with van der Waals surface area (Å²) in [6.07, 6.45) is 2.69. The maximum atomic E-state index is 10.9. The van der Waals surface area contributed by atoms with Crippen molar-refractivity contribution in [3.63, 3.8) is 0 Å². The summed E-state index contributed by atoms with van der Waals surface area (Å²) in [5, 5.41) is 2.36. The molecule has 0 radical (unpaired) electrons. The SMILES string of the molecule is CCCC=O.C[C@@H](C=O)NC(=O)OC(C)(C)C. The van der Waals surface area contributed by atoms with E-state index in [1.807, 2.05) is 6.92 Å². The Kier molecular flexibility index (Phi) is 10.4. The maximum Gasteiger partial charge on any atom is 0.408 e. The lowest BCUT2D eigenvalue weighted by atomic mass is 10.2. The molecule has 0 aliphatic heterocycles. The molecule has 0 saturated heterocycles. The van der Waals surface area contributed by atoms with Crippen LogP contribution in [0.25, 0.3) is 0 Å². The molecule has 0 unspecified atom stereocenters. The van der Waals surface area contributed by atoms with Crippen molar-refractivity contribution in [1.29, 1.82) is 0 Å². The minimum absolute atomic E-state index is 0.500. The largest absolute Gasteiger partial charge is 0.444 e. The molecule has 0 rings (SSSR count). The van der Waals surface area contributed by atoms with E-state index in [-0.39, 0.29) is 0 Å². The van der Waals surface area contributed by atoms with Gasteiger partial charge in [-0.25, -0.2) is 4.79 Å². The van der Waals surface area contributed by atoms with Crippen molar-refractivity contribution in [3.05, 3.63) is 0 Å². The summed E-state index contributed by atoms with van der Waals surface area (Å²) in [5.41, 5.74) is -0.521. The Balaban J connectivity index is 0. The first-order valence-electron chi connectivity index (χ1n) is 5.65. The number of rotatable bonds is 4. The van der Waals surface area contributed by atoms with Gasteiger partial charge in [0.15, 0.2) is 0 Å². The van der Waals surface area contributed by atoms with Crippen LogP contribution < -0.4 is 5.32 Å². The highest BCUT2D eigenvalue weighted by atomic mass is 16.6. The molecule has 0 aromatic rings. The maximum absolute atomic E-state index is 10.9. The Morgan fingerprint density at radius 1 is 1.35 bits per heavy atom. The van der Waals surface area contributed by atoms with Gasteiger partial charge < -0.3 is 19.6 Å². The highest BCUT2D eigenvalue weighted by molar-refractivity contribution is 5.73. The summed E-state index contributed by atoms with van der Waals surface area (Å²) in [7, 11) is 0. The average Bonchev–Trinajstić information content (AvgIpc) is 2.16. The topological polar surface area (TPSA) is 72.5 Å². The monoisotopic (exact) mass is 245 g/mol. The van der Waals surface area contributed by atoms with Crippen molar-refractivity contribution in [2.75, 3.05) is 0 Å². The summed E-state index contributed by atoms with van der Waals surface area (Å²) in [6, 6.07) is -0.500. The van der Waals surface area contributed by atoms with Crippen molar-refractivity contribution in [1.82, 2.24) is 5.32 Å². The molecule has 1 amide bonds. The van der Waals surface area contributed by atoms with Gasteiger partial charge >= 0.3 is 6.09 Å². The fraction of sp³-hybridized carbons (Fsp3) is 0.750. The minimum atomic E-state index is -0.568. The normalized spacial score (nSPS) is 11.6. The first-order chi connectivity index (χ1) is 7.76. The van der Waals surface area contributed by atoms with Crippen LogP contribution in [0, 0.1) is 0 Å². The van der Waals surface area contributed by atoms with E-state index in [0.29, 0.717) is 12.7 Å². The third-order valence-corrected chi connectivity index (χ3v) is 1.36. The zero-order chi connectivity index (χ0) is 13.9. The van der Waals surface area contributed by atoms with E-state index in [0.717, 1.165) is 12.7 Å². The summed E-state index contributed by atoms with van der Waals surface area (Å²) in [6.45, 7) is 8.85. The van der Waals surface area contributed by atoms with Crippen molar-refractivity contribution in [2.45, 2.75) is 59.1 Å². The summed E-state index contributed by atoms with van der Waals surface area (Å²) >= 11 is 0. The lowest BCUT2D eigenvalue weighted by Gasteiger charge is -2.20. The fourth-order valence-corrected chi connectivity index (χ4v) is 0.645. The highest BCUT2D eigenvalue weighted by Crippen LogP contribution is 2.06. The van der Waals surface area contributed by atoms with E-state index in [2.05, 4.69) is 5.32 Å². The zero-order valence-electron chi connectivity index (χ0n) is 11.3. The summed E-state index contributed by atoms with van der Waals surface area (Å²) < 4.78 is 4.90. The predicted molar refractivity (Wildman–Crippen MR) is 65.9 cm³/mol. The van der Waals surface area contributed by atoms with E-state index < -0.39 is 17.7 Å². The molecule has 0 aromatic carbocycles. The van der Waals surface area contributed by atoms with Crippen molar-refractivity contribution >= 4 is 18.7 Å². The number of aldehydes is 2. The quantitative estimate of drug-likeness (QED) is 0.770. The number of carbonyl (C=O) groups is 3. The second kappa shape index (κ2) is 9.81. The van der Waals surface area contributed by atoms with Crippen molar-refractivity contribution in [3.8, 4) is 0 Å². The van der Waals surface area contributed by atoms with Gasteiger partial charge in [0.1, 0.15) is 18.2 Å². The minimum Gasteiger partial charge on any atom is -0.444 e. The summed E-state index contributed by atoms with van der Waals surface area (Å²) in [4.78, 5) is 30.5. The lowest BCUT2D eigenvalue weighted by Crippen LogP contribution is -2.38. The lowest BCUT2D eigenvalue weighted by molar-refractivity contribution is -0.109. The molecule has 17 heavy (non-hydrogen) atoms. The van der Waals surface area contributed by atoms with Crippen LogP contribution in [0.4, 0.5) is 4.79 Å². The molecule has 1 N–H and O–H groups in total. The van der Waals surface area contributed by atoms with Crippen LogP contribution in [-0.2, 0) is 14.3 Å². The van der Waals surface area contributed by atoms with Gasteiger partial charge in [0.25, 0.3) is 0 Å². The summed E-state index contributed by atoms with van der Waals surface area (Å²) in [5.74, 6) is 0. The van der Waals surface area contributed by atoms with Crippen LogP contribution in [0.15, 0.2) is 0 Å². The Hall–Kier alpha value is -1.39. The predicted octanol–water partition coefficient (Wildman–Crippen LogP) is 2.08. The number of nitrogens with one attached hydrogen (secondary N) is 1. The Morgan fingerprint density at radius 2 is 1.88 bits per heavy atom. The van der Waals surface area contributed by atoms with Crippen LogP contribution in [0.5, 0.6) is 0 Å². The van der Waals surface area contributed by atoms with E-state index >= 15 is 0 Å². The number of unbranched alkanes of at least 4 members (excludes halogenated alkanes) is 1. The van der Waals surface area contributed by atoms with Crippen LogP contribution in [0.3, 0.4) is 0 Å². The van der Waals surface area contributed by atoms with Crippen LogP contribution >= 0.6 is 0 Å². The zero-order valence-corrected chi connectivity index (χ0v) is 11.3. The number of amides is 1. The molecule has 0 saturated carbocycles. The molecule has 0 heterocycles. The van der Waals surface area contributed by atoms with Gasteiger partial charge in [-0.15, -0.1) is 0 Å². The number of alkyl carbamates (subject to hydrolysis) is 1. The second-order valence-electron chi connectivity index (χ2n) is 4.53. The molecular formula is C12H23NO4. The number of hydrogen-bond acceptors (Lipinski definition) is 4. The van der Waals surface area contributed by atoms with Gasteiger partial charge in [-0.2, -0.15) is 0 Å². The molecule has 0 bridgehead atoms. The van der Waals surface area contributed by atoms with Gasteiger partial charge in [-0.1, -0.05) is 6.92 Å². The first kappa shape index (κ1) is 18.0. The Morgan fingerprint density at radius 3 is 2.12 bits per heavy atom. The highest BCUT2D eigenvalue weighted by Gasteiger charge is 2.16. The number of carbonyl (C=O) groups excluding carboxylic acids is 3. The van der Waals surface area contributed by atoms with E-state index in [1.165, 1.54) is 0 Å². The van der Waals surface area contributed by atoms with Crippen molar-refractivity contribution < 1.29 is 19.1 Å². The second-order valence-corrected chi connectivity index (χ2v) is 4.53. The molecule has 100 valence electrons. The molecule has 5 nitrogen and oxygen atoms in total. The smallest absolute Gasteiger partial charge is 0.408 e. The molecule has 5 heteroatoms. The van der Waals surface area contributed by atoms with Gasteiger partial charge in [-0.05, 0) is 34.1 Å². The van der Waals surface area contributed by atoms with Gasteiger partial charge in [-0.3, -0.25) is 0 Å². The molecule has 0 spiro atoms. The van der Waals surface area contributed by atoms with E-state index in [1.54, 1.807) is 27.7 Å². The molecule has 0 fully saturated rings. The third-order valence-electron chi connectivity index (χ3n) is 1.36. The van der Waals surface area contributed by atoms with E-state index in [9.17, 15) is 14.4 Å².